The second-order valence-electron chi connectivity index (χ2n) is 9.23. The lowest BCUT2D eigenvalue weighted by atomic mass is 10.0. The third-order valence-electron chi connectivity index (χ3n) is 6.08. The second kappa shape index (κ2) is 18.9. The zero-order valence-electron chi connectivity index (χ0n) is 21.3. The molecule has 0 bridgehead atoms. The molecule has 0 saturated carbocycles. The van der Waals surface area contributed by atoms with Crippen LogP contribution in [0.15, 0.2) is 18.2 Å². The van der Waals surface area contributed by atoms with Gasteiger partial charge in [0.2, 0.25) is 5.91 Å². The lowest BCUT2D eigenvalue weighted by Gasteiger charge is -2.08. The number of carbonyl (C=O) groups is 2. The Morgan fingerprint density at radius 3 is 1.71 bits per heavy atom. The van der Waals surface area contributed by atoms with E-state index in [1.807, 2.05) is 0 Å². The lowest BCUT2D eigenvalue weighted by molar-refractivity contribution is -0.384. The van der Waals surface area contributed by atoms with E-state index in [4.69, 9.17) is 0 Å². The van der Waals surface area contributed by atoms with Crippen molar-refractivity contribution in [2.45, 2.75) is 117 Å². The summed E-state index contributed by atoms with van der Waals surface area (Å²) >= 11 is 0. The summed E-state index contributed by atoms with van der Waals surface area (Å²) in [6.45, 7) is 4.10. The molecule has 0 unspecified atom stereocenters. The van der Waals surface area contributed by atoms with Gasteiger partial charge in [-0.1, -0.05) is 103 Å². The Morgan fingerprint density at radius 1 is 0.794 bits per heavy atom. The minimum absolute atomic E-state index is 0.0897. The first-order chi connectivity index (χ1) is 16.5. The molecule has 0 aliphatic heterocycles. The van der Waals surface area contributed by atoms with Crippen LogP contribution in [-0.2, 0) is 4.79 Å². The van der Waals surface area contributed by atoms with Gasteiger partial charge in [-0.05, 0) is 18.6 Å². The van der Waals surface area contributed by atoms with Gasteiger partial charge in [0.1, 0.15) is 5.69 Å². The van der Waals surface area contributed by atoms with E-state index in [2.05, 4.69) is 17.6 Å². The number of nitrogens with one attached hydrogen (secondary N) is 2. The van der Waals surface area contributed by atoms with Crippen molar-refractivity contribution in [1.29, 1.82) is 0 Å². The fraction of sp³-hybridized carbons (Fsp3) is 0.704. The number of benzene rings is 1. The zero-order chi connectivity index (χ0) is 25.0. The van der Waals surface area contributed by atoms with Crippen LogP contribution >= 0.6 is 0 Å². The Balaban J connectivity index is 2.04. The van der Waals surface area contributed by atoms with Crippen LogP contribution in [0.25, 0.3) is 0 Å². The summed E-state index contributed by atoms with van der Waals surface area (Å²) in [7, 11) is 0. The molecule has 7 heteroatoms. The molecule has 34 heavy (non-hydrogen) atoms. The standard InChI is InChI=1S/C27H45N3O4/c1-3-4-5-6-7-8-9-10-11-12-13-14-15-16-17-18-21-28-27(32)24-19-20-25(29-23(2)31)26(22-24)30(33)34/h19-20,22H,3-18,21H2,1-2H3,(H,28,32)(H,29,31). The van der Waals surface area contributed by atoms with Crippen molar-refractivity contribution in [2.24, 2.45) is 0 Å². The van der Waals surface area contributed by atoms with E-state index in [9.17, 15) is 19.7 Å². The van der Waals surface area contributed by atoms with Crippen LogP contribution in [0.4, 0.5) is 11.4 Å². The number of nitro benzene ring substituents is 1. The van der Waals surface area contributed by atoms with Crippen molar-refractivity contribution in [1.82, 2.24) is 5.32 Å². The summed E-state index contributed by atoms with van der Waals surface area (Å²) < 4.78 is 0. The van der Waals surface area contributed by atoms with Crippen LogP contribution in [0.5, 0.6) is 0 Å². The highest BCUT2D eigenvalue weighted by Crippen LogP contribution is 2.25. The summed E-state index contributed by atoms with van der Waals surface area (Å²) in [5.41, 5.74) is 0.0226. The number of hydrogen-bond donors (Lipinski definition) is 2. The van der Waals surface area contributed by atoms with Gasteiger partial charge in [0, 0.05) is 25.1 Å². The van der Waals surface area contributed by atoms with Crippen molar-refractivity contribution in [3.63, 3.8) is 0 Å². The van der Waals surface area contributed by atoms with E-state index in [0.717, 1.165) is 12.8 Å². The van der Waals surface area contributed by atoms with E-state index in [-0.39, 0.29) is 22.8 Å². The Morgan fingerprint density at radius 2 is 1.26 bits per heavy atom. The monoisotopic (exact) mass is 475 g/mol. The fourth-order valence-corrected chi connectivity index (χ4v) is 4.10. The van der Waals surface area contributed by atoms with Gasteiger partial charge < -0.3 is 10.6 Å². The Kier molecular flexibility index (Phi) is 16.5. The number of amides is 2. The minimum atomic E-state index is -0.600. The first-order valence-corrected chi connectivity index (χ1v) is 13.3. The van der Waals surface area contributed by atoms with Crippen molar-refractivity contribution in [2.75, 3.05) is 11.9 Å². The molecule has 2 N–H and O–H groups in total. The number of nitro groups is 1. The van der Waals surface area contributed by atoms with Gasteiger partial charge in [-0.3, -0.25) is 19.7 Å². The van der Waals surface area contributed by atoms with Crippen molar-refractivity contribution >= 4 is 23.2 Å². The molecule has 1 aromatic rings. The van der Waals surface area contributed by atoms with E-state index in [0.29, 0.717) is 6.54 Å². The fourth-order valence-electron chi connectivity index (χ4n) is 4.10. The molecule has 0 aliphatic rings. The number of nitrogens with zero attached hydrogens (tertiary/aromatic N) is 1. The van der Waals surface area contributed by atoms with E-state index in [1.165, 1.54) is 115 Å². The summed E-state index contributed by atoms with van der Waals surface area (Å²) in [4.78, 5) is 34.1. The molecule has 0 fully saturated rings. The largest absolute Gasteiger partial charge is 0.352 e. The Bertz CT molecular complexity index is 737. The average molecular weight is 476 g/mol. The molecule has 0 radical (unpaired) electrons. The third kappa shape index (κ3) is 14.0. The maximum atomic E-state index is 12.3. The summed E-state index contributed by atoms with van der Waals surface area (Å²) in [5, 5.41) is 16.5. The van der Waals surface area contributed by atoms with Crippen LogP contribution in [-0.4, -0.2) is 23.3 Å². The minimum Gasteiger partial charge on any atom is -0.352 e. The summed E-state index contributed by atoms with van der Waals surface area (Å²) in [6, 6.07) is 4.08. The third-order valence-corrected chi connectivity index (χ3v) is 6.08. The van der Waals surface area contributed by atoms with Gasteiger partial charge in [-0.2, -0.15) is 0 Å². The normalized spacial score (nSPS) is 10.8. The Hall–Kier alpha value is -2.44. The molecule has 0 saturated heterocycles. The van der Waals surface area contributed by atoms with Crippen LogP contribution in [0, 0.1) is 10.1 Å². The number of rotatable bonds is 20. The highest BCUT2D eigenvalue weighted by molar-refractivity contribution is 5.97. The van der Waals surface area contributed by atoms with Crippen molar-refractivity contribution in [3.05, 3.63) is 33.9 Å². The summed E-state index contributed by atoms with van der Waals surface area (Å²) in [5.74, 6) is -0.734. The molecule has 0 aromatic heterocycles. The van der Waals surface area contributed by atoms with Gasteiger partial charge in [0.05, 0.1) is 4.92 Å². The molecule has 2 amide bonds. The molecule has 0 aliphatic carbocycles. The topological polar surface area (TPSA) is 101 Å². The van der Waals surface area contributed by atoms with Gasteiger partial charge >= 0.3 is 0 Å². The quantitative estimate of drug-likeness (QED) is 0.115. The molecular weight excluding hydrogens is 430 g/mol. The molecular formula is C27H45N3O4. The van der Waals surface area contributed by atoms with Crippen molar-refractivity contribution < 1.29 is 14.5 Å². The van der Waals surface area contributed by atoms with E-state index >= 15 is 0 Å². The maximum Gasteiger partial charge on any atom is 0.293 e. The second-order valence-corrected chi connectivity index (χ2v) is 9.23. The number of carbonyl (C=O) groups excluding carboxylic acids is 2. The van der Waals surface area contributed by atoms with Crippen molar-refractivity contribution in [3.8, 4) is 0 Å². The molecule has 192 valence electrons. The van der Waals surface area contributed by atoms with Gasteiger partial charge in [0.25, 0.3) is 11.6 Å². The number of hydrogen-bond acceptors (Lipinski definition) is 4. The molecule has 7 nitrogen and oxygen atoms in total. The number of anilines is 1. The molecule has 0 spiro atoms. The van der Waals surface area contributed by atoms with Crippen LogP contribution in [0.3, 0.4) is 0 Å². The maximum absolute atomic E-state index is 12.3. The highest BCUT2D eigenvalue weighted by atomic mass is 16.6. The predicted octanol–water partition coefficient (Wildman–Crippen LogP) is 7.54. The van der Waals surface area contributed by atoms with Crippen LogP contribution in [0.1, 0.15) is 127 Å². The first-order valence-electron chi connectivity index (χ1n) is 13.3. The average Bonchev–Trinajstić information content (AvgIpc) is 2.80. The van der Waals surface area contributed by atoms with E-state index < -0.39 is 10.8 Å². The van der Waals surface area contributed by atoms with Crippen LogP contribution in [0.2, 0.25) is 0 Å². The SMILES string of the molecule is CCCCCCCCCCCCCCCCCCNC(=O)c1ccc(NC(C)=O)c([N+](=O)[O-])c1. The van der Waals surface area contributed by atoms with Gasteiger partial charge in [-0.25, -0.2) is 0 Å². The molecule has 1 rings (SSSR count). The van der Waals surface area contributed by atoms with Crippen LogP contribution < -0.4 is 10.6 Å². The highest BCUT2D eigenvalue weighted by Gasteiger charge is 2.18. The Labute approximate surface area is 205 Å². The first kappa shape index (κ1) is 29.6. The zero-order valence-corrected chi connectivity index (χ0v) is 21.3. The smallest absolute Gasteiger partial charge is 0.293 e. The lowest BCUT2D eigenvalue weighted by Crippen LogP contribution is -2.24. The van der Waals surface area contributed by atoms with Gasteiger partial charge in [-0.15, -0.1) is 0 Å². The molecule has 0 heterocycles. The molecule has 0 atom stereocenters. The summed E-state index contributed by atoms with van der Waals surface area (Å²) in [6.07, 6.45) is 20.8. The number of unbranched alkanes of at least 4 members (excludes halogenated alkanes) is 15. The van der Waals surface area contributed by atoms with Gasteiger partial charge in [0.15, 0.2) is 0 Å². The van der Waals surface area contributed by atoms with E-state index in [1.54, 1.807) is 0 Å². The molecule has 1 aromatic carbocycles. The predicted molar refractivity (Wildman–Crippen MR) is 139 cm³/mol.